The Labute approximate surface area is 67.0 Å². The van der Waals surface area contributed by atoms with Crippen molar-refractivity contribution in [2.45, 2.75) is 20.8 Å². The summed E-state index contributed by atoms with van der Waals surface area (Å²) in [5.74, 6) is 0. The molecule has 0 aliphatic heterocycles. The van der Waals surface area contributed by atoms with Gasteiger partial charge in [0.25, 0.3) is 0 Å². The number of hydrogen-bond donors (Lipinski definition) is 0. The van der Waals surface area contributed by atoms with Crippen LogP contribution >= 0.6 is 0 Å². The lowest BCUT2D eigenvalue weighted by molar-refractivity contribution is 1.03. The first kappa shape index (κ1) is 7.92. The Morgan fingerprint density at radius 3 is 2.55 bits per heavy atom. The summed E-state index contributed by atoms with van der Waals surface area (Å²) in [6.07, 6.45) is 5.68. The maximum Gasteiger partial charge on any atom is 0.0813 e. The zero-order valence-corrected chi connectivity index (χ0v) is 7.13. The van der Waals surface area contributed by atoms with E-state index in [9.17, 15) is 0 Å². The lowest BCUT2D eigenvalue weighted by atomic mass is 10.3. The smallest absolute Gasteiger partial charge is 0.0813 e. The molecule has 0 N–H and O–H groups in total. The minimum Gasteiger partial charge on any atom is -0.257 e. The molecule has 0 radical (unpaired) electrons. The van der Waals surface area contributed by atoms with E-state index in [0.29, 0.717) is 0 Å². The van der Waals surface area contributed by atoms with E-state index in [4.69, 9.17) is 0 Å². The first-order chi connectivity index (χ1) is 5.24. The summed E-state index contributed by atoms with van der Waals surface area (Å²) in [5, 5.41) is 0. The van der Waals surface area contributed by atoms with Crippen LogP contribution < -0.4 is 0 Å². The molecule has 58 valence electrons. The predicted molar refractivity (Wildman–Crippen MR) is 46.2 cm³/mol. The van der Waals surface area contributed by atoms with E-state index in [-0.39, 0.29) is 0 Å². The topological polar surface area (TPSA) is 25.8 Å². The Kier molecular flexibility index (Phi) is 2.36. The van der Waals surface area contributed by atoms with Crippen LogP contribution in [0.4, 0.5) is 0 Å². The summed E-state index contributed by atoms with van der Waals surface area (Å²) in [7, 11) is 0. The van der Waals surface area contributed by atoms with Crippen molar-refractivity contribution in [1.82, 2.24) is 9.97 Å². The standard InChI is InChI=1S/C9H12N2/c1-4-5-9-6-10-7(2)8(3)11-9/h4-6H,1-3H3. The zero-order valence-electron chi connectivity index (χ0n) is 7.13. The lowest BCUT2D eigenvalue weighted by Crippen LogP contribution is -1.92. The molecule has 0 aromatic carbocycles. The predicted octanol–water partition coefficient (Wildman–Crippen LogP) is 2.13. The molecule has 0 amide bonds. The molecule has 11 heavy (non-hydrogen) atoms. The van der Waals surface area contributed by atoms with Crippen molar-refractivity contribution in [3.8, 4) is 0 Å². The van der Waals surface area contributed by atoms with E-state index < -0.39 is 0 Å². The van der Waals surface area contributed by atoms with Crippen LogP contribution in [-0.4, -0.2) is 9.97 Å². The molecule has 1 aromatic rings. The van der Waals surface area contributed by atoms with E-state index in [2.05, 4.69) is 9.97 Å². The highest BCUT2D eigenvalue weighted by molar-refractivity contribution is 5.42. The Hall–Kier alpha value is -1.18. The summed E-state index contributed by atoms with van der Waals surface area (Å²) in [6, 6.07) is 0. The second kappa shape index (κ2) is 3.28. The molecule has 2 nitrogen and oxygen atoms in total. The van der Waals surface area contributed by atoms with Crippen LogP contribution in [0.3, 0.4) is 0 Å². The first-order valence-corrected chi connectivity index (χ1v) is 3.67. The third-order valence-corrected chi connectivity index (χ3v) is 1.55. The minimum absolute atomic E-state index is 0.926. The summed E-state index contributed by atoms with van der Waals surface area (Å²) >= 11 is 0. The Morgan fingerprint density at radius 2 is 2.00 bits per heavy atom. The van der Waals surface area contributed by atoms with Crippen molar-refractivity contribution in [2.75, 3.05) is 0 Å². The normalized spacial score (nSPS) is 10.8. The van der Waals surface area contributed by atoms with Gasteiger partial charge in [-0.3, -0.25) is 9.97 Å². The van der Waals surface area contributed by atoms with Gasteiger partial charge in [0.1, 0.15) is 0 Å². The largest absolute Gasteiger partial charge is 0.257 e. The number of nitrogens with zero attached hydrogens (tertiary/aromatic N) is 2. The molecule has 0 saturated heterocycles. The van der Waals surface area contributed by atoms with Gasteiger partial charge in [0, 0.05) is 0 Å². The quantitative estimate of drug-likeness (QED) is 0.609. The van der Waals surface area contributed by atoms with Crippen LogP contribution in [0.2, 0.25) is 0 Å². The van der Waals surface area contributed by atoms with Crippen LogP contribution in [0.5, 0.6) is 0 Å². The Bertz CT molecular complexity index is 277. The van der Waals surface area contributed by atoms with Gasteiger partial charge in [0.2, 0.25) is 0 Å². The van der Waals surface area contributed by atoms with Crippen molar-refractivity contribution in [3.63, 3.8) is 0 Å². The van der Waals surface area contributed by atoms with Crippen LogP contribution in [0.25, 0.3) is 6.08 Å². The average Bonchev–Trinajstić information content (AvgIpc) is 1.98. The summed E-state index contributed by atoms with van der Waals surface area (Å²) in [5.41, 5.74) is 2.93. The maximum absolute atomic E-state index is 4.31. The molecule has 0 saturated carbocycles. The van der Waals surface area contributed by atoms with Crippen LogP contribution in [-0.2, 0) is 0 Å². The average molecular weight is 148 g/mol. The highest BCUT2D eigenvalue weighted by atomic mass is 14.8. The van der Waals surface area contributed by atoms with Crippen LogP contribution in [0.15, 0.2) is 12.3 Å². The van der Waals surface area contributed by atoms with Crippen molar-refractivity contribution < 1.29 is 0 Å². The molecule has 1 aromatic heterocycles. The van der Waals surface area contributed by atoms with Crippen molar-refractivity contribution >= 4 is 6.08 Å². The van der Waals surface area contributed by atoms with E-state index >= 15 is 0 Å². The summed E-state index contributed by atoms with van der Waals surface area (Å²) < 4.78 is 0. The number of aromatic nitrogens is 2. The van der Waals surface area contributed by atoms with E-state index in [1.54, 1.807) is 6.20 Å². The highest BCUT2D eigenvalue weighted by Gasteiger charge is 1.94. The van der Waals surface area contributed by atoms with Gasteiger partial charge >= 0.3 is 0 Å². The van der Waals surface area contributed by atoms with Gasteiger partial charge in [-0.15, -0.1) is 0 Å². The molecular weight excluding hydrogens is 136 g/mol. The second-order valence-corrected chi connectivity index (χ2v) is 2.47. The van der Waals surface area contributed by atoms with Gasteiger partial charge in [-0.1, -0.05) is 6.08 Å². The molecule has 0 bridgehead atoms. The third kappa shape index (κ3) is 1.87. The maximum atomic E-state index is 4.31. The van der Waals surface area contributed by atoms with E-state index in [1.807, 2.05) is 32.9 Å². The van der Waals surface area contributed by atoms with Gasteiger partial charge in [0.05, 0.1) is 23.3 Å². The lowest BCUT2D eigenvalue weighted by Gasteiger charge is -1.97. The second-order valence-electron chi connectivity index (χ2n) is 2.47. The molecule has 1 heterocycles. The van der Waals surface area contributed by atoms with Gasteiger partial charge < -0.3 is 0 Å². The molecule has 0 atom stereocenters. The Balaban J connectivity index is 3.05. The molecule has 0 spiro atoms. The minimum atomic E-state index is 0.926. The van der Waals surface area contributed by atoms with Crippen molar-refractivity contribution in [2.24, 2.45) is 0 Å². The monoisotopic (exact) mass is 148 g/mol. The molecule has 0 aliphatic rings. The molecule has 0 unspecified atom stereocenters. The fraction of sp³-hybridized carbons (Fsp3) is 0.333. The van der Waals surface area contributed by atoms with Gasteiger partial charge in [-0.2, -0.15) is 0 Å². The van der Waals surface area contributed by atoms with Crippen molar-refractivity contribution in [1.29, 1.82) is 0 Å². The zero-order chi connectivity index (χ0) is 8.27. The van der Waals surface area contributed by atoms with Gasteiger partial charge in [0.15, 0.2) is 0 Å². The highest BCUT2D eigenvalue weighted by Crippen LogP contribution is 2.01. The van der Waals surface area contributed by atoms with Crippen molar-refractivity contribution in [3.05, 3.63) is 29.4 Å². The molecule has 0 fully saturated rings. The fourth-order valence-electron chi connectivity index (χ4n) is 0.811. The van der Waals surface area contributed by atoms with E-state index in [1.165, 1.54) is 0 Å². The number of hydrogen-bond acceptors (Lipinski definition) is 2. The molecule has 2 heteroatoms. The number of rotatable bonds is 1. The van der Waals surface area contributed by atoms with E-state index in [0.717, 1.165) is 17.1 Å². The SMILES string of the molecule is CC=Cc1cnc(C)c(C)n1. The molecular formula is C9H12N2. The number of allylic oxidation sites excluding steroid dienone is 1. The summed E-state index contributed by atoms with van der Waals surface area (Å²) in [6.45, 7) is 5.90. The van der Waals surface area contributed by atoms with Gasteiger partial charge in [-0.05, 0) is 26.8 Å². The van der Waals surface area contributed by atoms with Gasteiger partial charge in [-0.25, -0.2) is 0 Å². The van der Waals surface area contributed by atoms with Crippen LogP contribution in [0, 0.1) is 13.8 Å². The fourth-order valence-corrected chi connectivity index (χ4v) is 0.811. The molecule has 0 aliphatic carbocycles. The van der Waals surface area contributed by atoms with Crippen LogP contribution in [0.1, 0.15) is 24.0 Å². The first-order valence-electron chi connectivity index (χ1n) is 3.67. The molecule has 1 rings (SSSR count). The third-order valence-electron chi connectivity index (χ3n) is 1.55. The summed E-state index contributed by atoms with van der Waals surface area (Å²) in [4.78, 5) is 8.50. The Morgan fingerprint density at radius 1 is 1.27 bits per heavy atom. The number of aryl methyl sites for hydroxylation is 2.